The molecule has 2 heterocycles. The van der Waals surface area contributed by atoms with Crippen LogP contribution in [0.2, 0.25) is 0 Å². The molecule has 1 N–H and O–H groups in total. The van der Waals surface area contributed by atoms with Crippen molar-refractivity contribution in [2.45, 2.75) is 12.5 Å². The van der Waals surface area contributed by atoms with Gasteiger partial charge in [-0.05, 0) is 17.7 Å². The number of carbonyl (C=O) groups is 2. The number of amides is 2. The number of carbonyl (C=O) groups excluding carboxylic acids is 2. The largest absolute Gasteiger partial charge is 0.497 e. The highest BCUT2D eigenvalue weighted by Crippen LogP contribution is 2.32. The van der Waals surface area contributed by atoms with Crippen LogP contribution in [0.1, 0.15) is 18.0 Å². The maximum atomic E-state index is 12.7. The Balaban J connectivity index is 1.78. The summed E-state index contributed by atoms with van der Waals surface area (Å²) in [5.41, 5.74) is 0.929. The molecule has 0 bridgehead atoms. The van der Waals surface area contributed by atoms with Gasteiger partial charge >= 0.3 is 0 Å². The van der Waals surface area contributed by atoms with Crippen molar-refractivity contribution in [1.82, 2.24) is 10.2 Å². The van der Waals surface area contributed by atoms with Gasteiger partial charge in [-0.2, -0.15) is 0 Å². The second kappa shape index (κ2) is 6.36. The number of hydrogen-bond acceptors (Lipinski definition) is 4. The fraction of sp³-hybridized carbons (Fsp3) is 0.500. The second-order valence-electron chi connectivity index (χ2n) is 5.57. The van der Waals surface area contributed by atoms with Crippen molar-refractivity contribution in [3.8, 4) is 5.75 Å². The Hall–Kier alpha value is -2.08. The van der Waals surface area contributed by atoms with Crippen LogP contribution in [0, 0.1) is 5.92 Å². The zero-order valence-corrected chi connectivity index (χ0v) is 12.6. The quantitative estimate of drug-likeness (QED) is 0.894. The van der Waals surface area contributed by atoms with Crippen molar-refractivity contribution < 1.29 is 19.1 Å². The minimum absolute atomic E-state index is 0.0301. The minimum Gasteiger partial charge on any atom is -0.497 e. The standard InChI is InChI=1S/C16H20N2O4/c1-21-12-4-2-11(3-5-12)15-13(10-14(19)17-15)16(20)18-6-8-22-9-7-18/h2-5,13,15H,6-10H2,1H3,(H,17,19)/t13-,15-/m1/s1. The molecule has 0 spiro atoms. The lowest BCUT2D eigenvalue weighted by atomic mass is 9.92. The number of nitrogens with one attached hydrogen (secondary N) is 1. The predicted octanol–water partition coefficient (Wildman–Crippen LogP) is 0.731. The van der Waals surface area contributed by atoms with Gasteiger partial charge in [-0.1, -0.05) is 12.1 Å². The molecule has 0 aliphatic carbocycles. The molecule has 6 heteroatoms. The molecule has 2 atom stereocenters. The zero-order valence-electron chi connectivity index (χ0n) is 12.6. The lowest BCUT2D eigenvalue weighted by molar-refractivity contribution is -0.140. The summed E-state index contributed by atoms with van der Waals surface area (Å²) in [7, 11) is 1.61. The van der Waals surface area contributed by atoms with Crippen molar-refractivity contribution in [2.24, 2.45) is 5.92 Å². The molecule has 1 aromatic rings. The summed E-state index contributed by atoms with van der Waals surface area (Å²) in [6.45, 7) is 2.32. The van der Waals surface area contributed by atoms with Crippen molar-refractivity contribution in [3.05, 3.63) is 29.8 Å². The van der Waals surface area contributed by atoms with Gasteiger partial charge in [0.1, 0.15) is 5.75 Å². The van der Waals surface area contributed by atoms with Crippen LogP contribution in [-0.2, 0) is 14.3 Å². The van der Waals surface area contributed by atoms with Gasteiger partial charge in [-0.15, -0.1) is 0 Å². The number of rotatable bonds is 3. The van der Waals surface area contributed by atoms with Crippen LogP contribution in [0.25, 0.3) is 0 Å². The molecule has 1 aromatic carbocycles. The molecule has 0 saturated carbocycles. The van der Waals surface area contributed by atoms with Crippen LogP contribution in [0.15, 0.2) is 24.3 Å². The topological polar surface area (TPSA) is 67.9 Å². The first kappa shape index (κ1) is 14.8. The Labute approximate surface area is 129 Å². The summed E-state index contributed by atoms with van der Waals surface area (Å²) < 4.78 is 10.4. The first-order valence-corrected chi connectivity index (χ1v) is 7.49. The number of benzene rings is 1. The van der Waals surface area contributed by atoms with E-state index >= 15 is 0 Å². The summed E-state index contributed by atoms with van der Waals surface area (Å²) in [5.74, 6) is 0.359. The number of methoxy groups -OCH3 is 1. The Morgan fingerprint density at radius 2 is 1.95 bits per heavy atom. The Morgan fingerprint density at radius 3 is 2.59 bits per heavy atom. The summed E-state index contributed by atoms with van der Waals surface area (Å²) in [6.07, 6.45) is 0.243. The first-order chi connectivity index (χ1) is 10.7. The van der Waals surface area contributed by atoms with Gasteiger partial charge in [0.15, 0.2) is 0 Å². The van der Waals surface area contributed by atoms with E-state index in [0.717, 1.165) is 11.3 Å². The molecule has 2 aliphatic rings. The van der Waals surface area contributed by atoms with E-state index in [-0.39, 0.29) is 30.2 Å². The van der Waals surface area contributed by atoms with Crippen molar-refractivity contribution >= 4 is 11.8 Å². The van der Waals surface area contributed by atoms with Crippen molar-refractivity contribution in [3.63, 3.8) is 0 Å². The van der Waals surface area contributed by atoms with E-state index in [1.165, 1.54) is 0 Å². The molecule has 6 nitrogen and oxygen atoms in total. The lowest BCUT2D eigenvalue weighted by Crippen LogP contribution is -2.44. The second-order valence-corrected chi connectivity index (χ2v) is 5.57. The monoisotopic (exact) mass is 304 g/mol. The Bertz CT molecular complexity index is 552. The third-order valence-electron chi connectivity index (χ3n) is 4.24. The summed E-state index contributed by atoms with van der Waals surface area (Å²) in [4.78, 5) is 26.3. The average molecular weight is 304 g/mol. The molecule has 22 heavy (non-hydrogen) atoms. The van der Waals surface area contributed by atoms with Gasteiger partial charge in [0.25, 0.3) is 0 Å². The number of nitrogens with zero attached hydrogens (tertiary/aromatic N) is 1. The van der Waals surface area contributed by atoms with Gasteiger partial charge in [0.05, 0.1) is 32.3 Å². The molecule has 2 aliphatic heterocycles. The van der Waals surface area contributed by atoms with Crippen LogP contribution in [-0.4, -0.2) is 50.1 Å². The highest BCUT2D eigenvalue weighted by Gasteiger charge is 2.40. The molecule has 3 rings (SSSR count). The van der Waals surface area contributed by atoms with Crippen LogP contribution in [0.3, 0.4) is 0 Å². The van der Waals surface area contributed by atoms with E-state index in [4.69, 9.17) is 9.47 Å². The summed E-state index contributed by atoms with van der Waals surface area (Å²) in [6, 6.07) is 7.21. The molecule has 2 fully saturated rings. The maximum absolute atomic E-state index is 12.7. The van der Waals surface area contributed by atoms with Gasteiger partial charge in [0, 0.05) is 19.5 Å². The highest BCUT2D eigenvalue weighted by atomic mass is 16.5. The Morgan fingerprint density at radius 1 is 1.27 bits per heavy atom. The first-order valence-electron chi connectivity index (χ1n) is 7.49. The number of ether oxygens (including phenoxy) is 2. The van der Waals surface area contributed by atoms with E-state index in [1.54, 1.807) is 12.0 Å². The average Bonchev–Trinajstić information content (AvgIpc) is 2.97. The Kier molecular flexibility index (Phi) is 4.29. The predicted molar refractivity (Wildman–Crippen MR) is 79.4 cm³/mol. The zero-order chi connectivity index (χ0) is 15.5. The lowest BCUT2D eigenvalue weighted by Gasteiger charge is -2.30. The van der Waals surface area contributed by atoms with Crippen LogP contribution in [0.5, 0.6) is 5.75 Å². The number of morpholine rings is 1. The van der Waals surface area contributed by atoms with Gasteiger partial charge in [-0.3, -0.25) is 9.59 Å². The number of hydrogen-bond donors (Lipinski definition) is 1. The van der Waals surface area contributed by atoms with Gasteiger partial charge < -0.3 is 19.7 Å². The third-order valence-corrected chi connectivity index (χ3v) is 4.24. The molecule has 0 unspecified atom stereocenters. The molecule has 2 saturated heterocycles. The highest BCUT2D eigenvalue weighted by molar-refractivity contribution is 5.90. The van der Waals surface area contributed by atoms with E-state index in [2.05, 4.69) is 5.32 Å². The minimum atomic E-state index is -0.348. The molecular formula is C16H20N2O4. The van der Waals surface area contributed by atoms with E-state index in [0.29, 0.717) is 26.3 Å². The fourth-order valence-electron chi connectivity index (χ4n) is 3.03. The van der Waals surface area contributed by atoms with E-state index in [1.807, 2.05) is 24.3 Å². The summed E-state index contributed by atoms with van der Waals surface area (Å²) in [5, 5.41) is 2.92. The molecule has 118 valence electrons. The van der Waals surface area contributed by atoms with Crippen molar-refractivity contribution in [1.29, 1.82) is 0 Å². The molecule has 2 amide bonds. The molecule has 0 aromatic heterocycles. The van der Waals surface area contributed by atoms with Gasteiger partial charge in [0.2, 0.25) is 11.8 Å². The van der Waals surface area contributed by atoms with Crippen LogP contribution < -0.4 is 10.1 Å². The molecular weight excluding hydrogens is 284 g/mol. The SMILES string of the molecule is COc1ccc([C@H]2NC(=O)C[C@H]2C(=O)N2CCOCC2)cc1. The van der Waals surface area contributed by atoms with Crippen LogP contribution >= 0.6 is 0 Å². The van der Waals surface area contributed by atoms with Crippen molar-refractivity contribution in [2.75, 3.05) is 33.4 Å². The van der Waals surface area contributed by atoms with Gasteiger partial charge in [-0.25, -0.2) is 0 Å². The van der Waals surface area contributed by atoms with Crippen LogP contribution in [0.4, 0.5) is 0 Å². The normalized spacial score (nSPS) is 25.0. The fourth-order valence-corrected chi connectivity index (χ4v) is 3.03. The molecule has 0 radical (unpaired) electrons. The smallest absolute Gasteiger partial charge is 0.228 e. The maximum Gasteiger partial charge on any atom is 0.228 e. The van der Waals surface area contributed by atoms with E-state index in [9.17, 15) is 9.59 Å². The van der Waals surface area contributed by atoms with E-state index < -0.39 is 0 Å². The third kappa shape index (κ3) is 2.92. The summed E-state index contributed by atoms with van der Waals surface area (Å²) >= 11 is 0.